The third-order valence-electron chi connectivity index (χ3n) is 2.27. The molecule has 0 aromatic heterocycles. The second kappa shape index (κ2) is 8.98. The first-order valence-electron chi connectivity index (χ1n) is 5.97. The average Bonchev–Trinajstić information content (AvgIpc) is 2.26. The lowest BCUT2D eigenvalue weighted by molar-refractivity contribution is -0.140. The molecule has 0 saturated heterocycles. The first kappa shape index (κ1) is 15.9. The number of likely N-dealkylation sites (N-methyl/N-ethyl adjacent to an activating group) is 1. The summed E-state index contributed by atoms with van der Waals surface area (Å²) in [7, 11) is 3.25. The molecule has 0 heterocycles. The second-order valence-electron chi connectivity index (χ2n) is 4.62. The van der Waals surface area contributed by atoms with E-state index in [0.717, 1.165) is 0 Å². The number of carbonyl (C=O) groups is 2. The van der Waals surface area contributed by atoms with Gasteiger partial charge in [-0.05, 0) is 25.9 Å². The number of carbonyl (C=O) groups excluding carboxylic acids is 2. The van der Waals surface area contributed by atoms with Crippen LogP contribution in [-0.4, -0.2) is 50.6 Å². The summed E-state index contributed by atoms with van der Waals surface area (Å²) in [5.41, 5.74) is 0. The number of rotatable bonds is 8. The van der Waals surface area contributed by atoms with Crippen molar-refractivity contribution in [3.05, 3.63) is 0 Å². The van der Waals surface area contributed by atoms with Gasteiger partial charge in [0.25, 0.3) is 0 Å². The third kappa shape index (κ3) is 9.81. The Labute approximate surface area is 103 Å². The third-order valence-corrected chi connectivity index (χ3v) is 2.27. The average molecular weight is 244 g/mol. The minimum atomic E-state index is -0.206. The van der Waals surface area contributed by atoms with E-state index in [4.69, 9.17) is 0 Å². The van der Waals surface area contributed by atoms with Crippen molar-refractivity contribution in [1.29, 1.82) is 0 Å². The number of hydrogen-bond acceptors (Lipinski definition) is 4. The summed E-state index contributed by atoms with van der Waals surface area (Å²) < 4.78 is 4.54. The molecule has 0 aromatic rings. The zero-order valence-corrected chi connectivity index (χ0v) is 11.3. The molecule has 0 aliphatic rings. The summed E-state index contributed by atoms with van der Waals surface area (Å²) in [6, 6.07) is 0. The Hall–Kier alpha value is -1.10. The molecule has 5 nitrogen and oxygen atoms in total. The van der Waals surface area contributed by atoms with E-state index in [2.05, 4.69) is 23.9 Å². The van der Waals surface area contributed by atoms with Crippen LogP contribution in [0, 0.1) is 5.92 Å². The number of methoxy groups -OCH3 is 1. The predicted molar refractivity (Wildman–Crippen MR) is 66.6 cm³/mol. The van der Waals surface area contributed by atoms with Crippen LogP contribution in [0.2, 0.25) is 0 Å². The van der Waals surface area contributed by atoms with Gasteiger partial charge < -0.3 is 10.1 Å². The fourth-order valence-electron chi connectivity index (χ4n) is 1.29. The van der Waals surface area contributed by atoms with Crippen molar-refractivity contribution < 1.29 is 14.3 Å². The zero-order valence-electron chi connectivity index (χ0n) is 11.3. The number of amides is 1. The van der Waals surface area contributed by atoms with Crippen LogP contribution in [0.5, 0.6) is 0 Å². The fraction of sp³-hybridized carbons (Fsp3) is 0.833. The van der Waals surface area contributed by atoms with Gasteiger partial charge in [-0.3, -0.25) is 14.5 Å². The van der Waals surface area contributed by atoms with E-state index >= 15 is 0 Å². The second-order valence-corrected chi connectivity index (χ2v) is 4.62. The van der Waals surface area contributed by atoms with Gasteiger partial charge in [0.05, 0.1) is 13.7 Å². The minimum Gasteiger partial charge on any atom is -0.469 e. The van der Waals surface area contributed by atoms with Crippen LogP contribution >= 0.6 is 0 Å². The van der Waals surface area contributed by atoms with Crippen LogP contribution in [0.1, 0.15) is 26.7 Å². The molecule has 0 aliphatic carbocycles. The Balaban J connectivity index is 3.60. The van der Waals surface area contributed by atoms with E-state index in [1.54, 1.807) is 0 Å². The van der Waals surface area contributed by atoms with E-state index in [1.165, 1.54) is 7.11 Å². The predicted octanol–water partition coefficient (Wildman–Crippen LogP) is 0.644. The van der Waals surface area contributed by atoms with Crippen LogP contribution in [0.4, 0.5) is 0 Å². The van der Waals surface area contributed by atoms with Crippen LogP contribution in [0.25, 0.3) is 0 Å². The van der Waals surface area contributed by atoms with Gasteiger partial charge in [0.2, 0.25) is 5.91 Å². The van der Waals surface area contributed by atoms with Gasteiger partial charge >= 0.3 is 5.97 Å². The highest BCUT2D eigenvalue weighted by Crippen LogP contribution is 1.95. The lowest BCUT2D eigenvalue weighted by atomic mass is 10.2. The molecule has 0 rings (SSSR count). The van der Waals surface area contributed by atoms with Gasteiger partial charge in [0, 0.05) is 13.0 Å². The first-order chi connectivity index (χ1) is 7.95. The zero-order chi connectivity index (χ0) is 13.3. The summed E-state index contributed by atoms with van der Waals surface area (Å²) in [6.07, 6.45) is 1.11. The highest BCUT2D eigenvalue weighted by Gasteiger charge is 2.07. The van der Waals surface area contributed by atoms with Gasteiger partial charge in [-0.2, -0.15) is 0 Å². The maximum absolute atomic E-state index is 11.5. The van der Waals surface area contributed by atoms with Crippen molar-refractivity contribution in [2.45, 2.75) is 26.7 Å². The summed E-state index contributed by atoms with van der Waals surface area (Å²) in [5.74, 6) is 0.283. The number of esters is 1. The van der Waals surface area contributed by atoms with Gasteiger partial charge in [-0.15, -0.1) is 0 Å². The molecule has 17 heavy (non-hydrogen) atoms. The Bertz CT molecular complexity index is 242. The lowest BCUT2D eigenvalue weighted by Gasteiger charge is -2.16. The highest BCUT2D eigenvalue weighted by molar-refractivity contribution is 5.77. The molecule has 0 radical (unpaired) electrons. The van der Waals surface area contributed by atoms with Crippen molar-refractivity contribution in [3.63, 3.8) is 0 Å². The van der Waals surface area contributed by atoms with Crippen molar-refractivity contribution in [3.8, 4) is 0 Å². The molecule has 1 N–H and O–H groups in total. The van der Waals surface area contributed by atoms with Gasteiger partial charge in [-0.1, -0.05) is 13.8 Å². The molecule has 0 bridgehead atoms. The quantitative estimate of drug-likeness (QED) is 0.637. The fourth-order valence-corrected chi connectivity index (χ4v) is 1.29. The van der Waals surface area contributed by atoms with Crippen molar-refractivity contribution >= 4 is 11.9 Å². The van der Waals surface area contributed by atoms with Gasteiger partial charge in [0.15, 0.2) is 0 Å². The number of nitrogens with one attached hydrogen (secondary N) is 1. The lowest BCUT2D eigenvalue weighted by Crippen LogP contribution is -2.37. The smallest absolute Gasteiger partial charge is 0.305 e. The van der Waals surface area contributed by atoms with E-state index in [9.17, 15) is 9.59 Å². The van der Waals surface area contributed by atoms with E-state index in [1.807, 2.05) is 11.9 Å². The number of nitrogens with zero attached hydrogens (tertiary/aromatic N) is 1. The summed E-state index contributed by atoms with van der Waals surface area (Å²) in [6.45, 7) is 5.90. The Kier molecular flexibility index (Phi) is 8.40. The van der Waals surface area contributed by atoms with Crippen molar-refractivity contribution in [2.24, 2.45) is 5.92 Å². The summed E-state index contributed by atoms with van der Waals surface area (Å²) >= 11 is 0. The molecule has 100 valence electrons. The molecule has 0 aliphatic heterocycles. The molecular formula is C12H24N2O3. The minimum absolute atomic E-state index is 0.0271. The summed E-state index contributed by atoms with van der Waals surface area (Å²) in [4.78, 5) is 24.2. The maximum Gasteiger partial charge on any atom is 0.305 e. The molecular weight excluding hydrogens is 220 g/mol. The van der Waals surface area contributed by atoms with Crippen LogP contribution in [-0.2, 0) is 14.3 Å². The van der Waals surface area contributed by atoms with Crippen molar-refractivity contribution in [2.75, 3.05) is 33.8 Å². The molecule has 0 spiro atoms. The molecule has 0 unspecified atom stereocenters. The maximum atomic E-state index is 11.5. The highest BCUT2D eigenvalue weighted by atomic mass is 16.5. The monoisotopic (exact) mass is 244 g/mol. The summed E-state index contributed by atoms with van der Waals surface area (Å²) in [5, 5.41) is 2.85. The topological polar surface area (TPSA) is 58.6 Å². The number of hydrogen-bond donors (Lipinski definition) is 1. The Morgan fingerprint density at radius 1 is 1.35 bits per heavy atom. The molecule has 1 amide bonds. The molecule has 5 heteroatoms. The first-order valence-corrected chi connectivity index (χ1v) is 5.97. The van der Waals surface area contributed by atoms with E-state index in [-0.39, 0.29) is 11.9 Å². The van der Waals surface area contributed by atoms with E-state index in [0.29, 0.717) is 38.4 Å². The normalized spacial score (nSPS) is 10.7. The molecule has 0 saturated carbocycles. The largest absolute Gasteiger partial charge is 0.469 e. The van der Waals surface area contributed by atoms with Crippen LogP contribution in [0.3, 0.4) is 0 Å². The Morgan fingerprint density at radius 2 is 2.00 bits per heavy atom. The standard InChI is InChI=1S/C12H24N2O3/c1-10(2)8-13-11(15)9-14(3)7-5-6-12(16)17-4/h10H,5-9H2,1-4H3,(H,13,15). The van der Waals surface area contributed by atoms with Crippen LogP contribution in [0.15, 0.2) is 0 Å². The van der Waals surface area contributed by atoms with Gasteiger partial charge in [0.1, 0.15) is 0 Å². The van der Waals surface area contributed by atoms with Gasteiger partial charge in [-0.25, -0.2) is 0 Å². The number of ether oxygens (including phenoxy) is 1. The van der Waals surface area contributed by atoms with Crippen molar-refractivity contribution in [1.82, 2.24) is 10.2 Å². The SMILES string of the molecule is COC(=O)CCCN(C)CC(=O)NCC(C)C. The van der Waals surface area contributed by atoms with Crippen LogP contribution < -0.4 is 5.32 Å². The van der Waals surface area contributed by atoms with E-state index < -0.39 is 0 Å². The molecule has 0 fully saturated rings. The molecule has 0 aromatic carbocycles. The molecule has 0 atom stereocenters. The Morgan fingerprint density at radius 3 is 2.53 bits per heavy atom.